The molecule has 3 aromatic rings. The molecule has 0 radical (unpaired) electrons. The summed E-state index contributed by atoms with van der Waals surface area (Å²) in [5.74, 6) is 1.06. The molecule has 0 fully saturated rings. The molecule has 0 saturated heterocycles. The van der Waals surface area contributed by atoms with Crippen molar-refractivity contribution < 1.29 is 14.3 Å². The summed E-state index contributed by atoms with van der Waals surface area (Å²) in [5, 5.41) is 2.86. The topological polar surface area (TPSA) is 47.6 Å². The molecular formula is C24H22BrNO3. The Morgan fingerprint density at radius 2 is 1.83 bits per heavy atom. The summed E-state index contributed by atoms with van der Waals surface area (Å²) in [6.45, 7) is 2.46. The average molecular weight is 452 g/mol. The van der Waals surface area contributed by atoms with Gasteiger partial charge < -0.3 is 14.8 Å². The summed E-state index contributed by atoms with van der Waals surface area (Å²) < 4.78 is 12.1. The highest BCUT2D eigenvalue weighted by molar-refractivity contribution is 9.10. The lowest BCUT2D eigenvalue weighted by molar-refractivity contribution is -0.111. The number of carbonyl (C=O) groups is 1. The molecule has 4 nitrogen and oxygen atoms in total. The van der Waals surface area contributed by atoms with Gasteiger partial charge >= 0.3 is 0 Å². The lowest BCUT2D eigenvalue weighted by atomic mass is 10.2. The third kappa shape index (κ3) is 5.96. The van der Waals surface area contributed by atoms with E-state index in [9.17, 15) is 4.79 Å². The Hall–Kier alpha value is -3.05. The number of anilines is 1. The second-order valence-electron chi connectivity index (χ2n) is 6.49. The number of rotatable bonds is 7. The number of hydrogen-bond acceptors (Lipinski definition) is 3. The number of hydrogen-bond donors (Lipinski definition) is 1. The molecule has 5 heteroatoms. The Labute approximate surface area is 179 Å². The SMILES string of the molecule is COc1cc(C=CC(=O)Nc2ccc(C)cc2Br)ccc1OCc1ccccc1. The lowest BCUT2D eigenvalue weighted by Gasteiger charge is -2.11. The Morgan fingerprint density at radius 3 is 2.55 bits per heavy atom. The molecule has 3 aromatic carbocycles. The van der Waals surface area contributed by atoms with Gasteiger partial charge in [-0.1, -0.05) is 42.5 Å². The van der Waals surface area contributed by atoms with Gasteiger partial charge in [0, 0.05) is 10.5 Å². The van der Waals surface area contributed by atoms with Crippen molar-refractivity contribution in [1.82, 2.24) is 0 Å². The summed E-state index contributed by atoms with van der Waals surface area (Å²) >= 11 is 3.46. The highest BCUT2D eigenvalue weighted by Gasteiger charge is 2.06. The molecule has 0 spiro atoms. The van der Waals surface area contributed by atoms with E-state index in [1.807, 2.05) is 73.7 Å². The van der Waals surface area contributed by atoms with Crippen molar-refractivity contribution in [2.75, 3.05) is 12.4 Å². The maximum absolute atomic E-state index is 12.2. The fourth-order valence-corrected chi connectivity index (χ4v) is 3.30. The van der Waals surface area contributed by atoms with Gasteiger partial charge in [0.1, 0.15) is 6.61 Å². The van der Waals surface area contributed by atoms with Crippen LogP contribution in [0, 0.1) is 6.92 Å². The molecular weight excluding hydrogens is 430 g/mol. The van der Waals surface area contributed by atoms with Crippen LogP contribution in [0.2, 0.25) is 0 Å². The predicted octanol–water partition coefficient (Wildman–Crippen LogP) is 6.00. The molecule has 0 aliphatic heterocycles. The quantitative estimate of drug-likeness (QED) is 0.448. The summed E-state index contributed by atoms with van der Waals surface area (Å²) in [7, 11) is 1.60. The first-order valence-electron chi connectivity index (χ1n) is 9.15. The van der Waals surface area contributed by atoms with Crippen molar-refractivity contribution in [2.45, 2.75) is 13.5 Å². The summed E-state index contributed by atoms with van der Waals surface area (Å²) in [4.78, 5) is 12.2. The van der Waals surface area contributed by atoms with Gasteiger partial charge in [-0.2, -0.15) is 0 Å². The van der Waals surface area contributed by atoms with E-state index < -0.39 is 0 Å². The highest BCUT2D eigenvalue weighted by Crippen LogP contribution is 2.29. The zero-order chi connectivity index (χ0) is 20.6. The molecule has 0 aliphatic rings. The van der Waals surface area contributed by atoms with Gasteiger partial charge in [0.2, 0.25) is 5.91 Å². The van der Waals surface area contributed by atoms with Gasteiger partial charge in [-0.25, -0.2) is 0 Å². The van der Waals surface area contributed by atoms with Crippen molar-refractivity contribution in [3.8, 4) is 11.5 Å². The van der Waals surface area contributed by atoms with Crippen molar-refractivity contribution >= 4 is 33.6 Å². The number of halogens is 1. The van der Waals surface area contributed by atoms with E-state index in [1.165, 1.54) is 6.08 Å². The zero-order valence-electron chi connectivity index (χ0n) is 16.3. The smallest absolute Gasteiger partial charge is 0.248 e. The van der Waals surface area contributed by atoms with Crippen LogP contribution in [0.5, 0.6) is 11.5 Å². The molecule has 3 rings (SSSR count). The van der Waals surface area contributed by atoms with Gasteiger partial charge in [-0.3, -0.25) is 4.79 Å². The fraction of sp³-hybridized carbons (Fsp3) is 0.125. The number of aryl methyl sites for hydroxylation is 1. The van der Waals surface area contributed by atoms with E-state index in [-0.39, 0.29) is 5.91 Å². The van der Waals surface area contributed by atoms with E-state index in [0.29, 0.717) is 18.1 Å². The normalized spacial score (nSPS) is 10.7. The summed E-state index contributed by atoms with van der Waals surface area (Å²) in [5.41, 5.74) is 3.77. The molecule has 0 aromatic heterocycles. The van der Waals surface area contributed by atoms with Crippen molar-refractivity contribution in [3.05, 3.63) is 94.0 Å². The molecule has 0 aliphatic carbocycles. The Morgan fingerprint density at radius 1 is 1.03 bits per heavy atom. The molecule has 0 saturated carbocycles. The number of carbonyl (C=O) groups excluding carboxylic acids is 1. The van der Waals surface area contributed by atoms with Crippen LogP contribution in [0.25, 0.3) is 6.08 Å². The molecule has 0 unspecified atom stereocenters. The molecule has 0 heterocycles. The van der Waals surface area contributed by atoms with Gasteiger partial charge in [-0.05, 0) is 69.9 Å². The Bertz CT molecular complexity index is 1020. The van der Waals surface area contributed by atoms with Gasteiger partial charge in [0.05, 0.1) is 12.8 Å². The molecule has 1 amide bonds. The molecule has 148 valence electrons. The maximum atomic E-state index is 12.2. The lowest BCUT2D eigenvalue weighted by Crippen LogP contribution is -2.08. The van der Waals surface area contributed by atoms with Crippen LogP contribution in [-0.2, 0) is 11.4 Å². The third-order valence-electron chi connectivity index (χ3n) is 4.23. The number of benzene rings is 3. The van der Waals surface area contributed by atoms with E-state index in [2.05, 4.69) is 21.2 Å². The summed E-state index contributed by atoms with van der Waals surface area (Å²) in [6, 6.07) is 21.3. The number of methoxy groups -OCH3 is 1. The molecule has 0 atom stereocenters. The first-order valence-corrected chi connectivity index (χ1v) is 9.94. The first kappa shape index (κ1) is 20.7. The number of nitrogens with one attached hydrogen (secondary N) is 1. The van der Waals surface area contributed by atoms with Crippen molar-refractivity contribution in [2.24, 2.45) is 0 Å². The number of ether oxygens (including phenoxy) is 2. The monoisotopic (exact) mass is 451 g/mol. The van der Waals surface area contributed by atoms with Crippen LogP contribution in [0.1, 0.15) is 16.7 Å². The van der Waals surface area contributed by atoms with Gasteiger partial charge in [-0.15, -0.1) is 0 Å². The highest BCUT2D eigenvalue weighted by atomic mass is 79.9. The average Bonchev–Trinajstić information content (AvgIpc) is 2.73. The van der Waals surface area contributed by atoms with E-state index in [1.54, 1.807) is 13.2 Å². The minimum Gasteiger partial charge on any atom is -0.493 e. The van der Waals surface area contributed by atoms with E-state index >= 15 is 0 Å². The van der Waals surface area contributed by atoms with Gasteiger partial charge in [0.15, 0.2) is 11.5 Å². The standard InChI is InChI=1S/C24H22BrNO3/c1-17-8-11-21(20(25)14-17)26-24(27)13-10-18-9-12-22(23(15-18)28-2)29-16-19-6-4-3-5-7-19/h3-15H,16H2,1-2H3,(H,26,27). The van der Waals surface area contributed by atoms with Crippen LogP contribution in [0.15, 0.2) is 77.3 Å². The van der Waals surface area contributed by atoms with Crippen LogP contribution >= 0.6 is 15.9 Å². The maximum Gasteiger partial charge on any atom is 0.248 e. The Balaban J connectivity index is 1.65. The third-order valence-corrected chi connectivity index (χ3v) is 4.89. The van der Waals surface area contributed by atoms with Crippen LogP contribution in [-0.4, -0.2) is 13.0 Å². The molecule has 0 bridgehead atoms. The second-order valence-corrected chi connectivity index (χ2v) is 7.34. The first-order chi connectivity index (χ1) is 14.0. The fourth-order valence-electron chi connectivity index (χ4n) is 2.71. The number of amides is 1. The van der Waals surface area contributed by atoms with Crippen molar-refractivity contribution in [3.63, 3.8) is 0 Å². The van der Waals surface area contributed by atoms with Crippen molar-refractivity contribution in [1.29, 1.82) is 0 Å². The minimum atomic E-state index is -0.210. The minimum absolute atomic E-state index is 0.210. The molecule has 1 N–H and O–H groups in total. The van der Waals surface area contributed by atoms with E-state index in [0.717, 1.165) is 26.9 Å². The summed E-state index contributed by atoms with van der Waals surface area (Å²) in [6.07, 6.45) is 3.23. The largest absolute Gasteiger partial charge is 0.493 e. The molecule has 29 heavy (non-hydrogen) atoms. The Kier molecular flexibility index (Phi) is 7.09. The van der Waals surface area contributed by atoms with E-state index in [4.69, 9.17) is 9.47 Å². The van der Waals surface area contributed by atoms with Crippen LogP contribution in [0.4, 0.5) is 5.69 Å². The predicted molar refractivity (Wildman–Crippen MR) is 120 cm³/mol. The van der Waals surface area contributed by atoms with Crippen LogP contribution < -0.4 is 14.8 Å². The zero-order valence-corrected chi connectivity index (χ0v) is 17.9. The second kappa shape index (κ2) is 9.94. The van der Waals surface area contributed by atoms with Crippen LogP contribution in [0.3, 0.4) is 0 Å². The van der Waals surface area contributed by atoms with Gasteiger partial charge in [0.25, 0.3) is 0 Å².